The van der Waals surface area contributed by atoms with Gasteiger partial charge in [-0.15, -0.1) is 0 Å². The summed E-state index contributed by atoms with van der Waals surface area (Å²) in [7, 11) is 1.50. The van der Waals surface area contributed by atoms with Gasteiger partial charge >= 0.3 is 0 Å². The maximum absolute atomic E-state index is 10.7. The summed E-state index contributed by atoms with van der Waals surface area (Å²) in [6.07, 6.45) is 2.53. The van der Waals surface area contributed by atoms with Crippen LogP contribution in [0.3, 0.4) is 0 Å². The van der Waals surface area contributed by atoms with E-state index in [0.717, 1.165) is 16.7 Å². The van der Waals surface area contributed by atoms with Gasteiger partial charge in [-0.25, -0.2) is 0 Å². The zero-order valence-corrected chi connectivity index (χ0v) is 19.5. The molecule has 2 N–H and O–H groups in total. The summed E-state index contributed by atoms with van der Waals surface area (Å²) in [5.74, 6) is 1.81. The summed E-state index contributed by atoms with van der Waals surface area (Å²) in [6, 6.07) is 30.2. The van der Waals surface area contributed by atoms with Crippen LogP contribution in [0, 0.1) is 0 Å². The highest BCUT2D eigenvalue weighted by Gasteiger charge is 2.12. The van der Waals surface area contributed by atoms with Crippen LogP contribution in [0.4, 0.5) is 0 Å². The first-order valence-corrected chi connectivity index (χ1v) is 11.3. The van der Waals surface area contributed by atoms with Crippen molar-refractivity contribution < 1.29 is 24.4 Å². The second-order valence-corrected chi connectivity index (χ2v) is 7.98. The van der Waals surface area contributed by atoms with Crippen molar-refractivity contribution in [1.82, 2.24) is 0 Å². The zero-order chi connectivity index (χ0) is 24.5. The van der Waals surface area contributed by atoms with E-state index in [0.29, 0.717) is 36.0 Å². The van der Waals surface area contributed by atoms with Gasteiger partial charge in [-0.2, -0.15) is 0 Å². The van der Waals surface area contributed by atoms with Crippen molar-refractivity contribution in [3.63, 3.8) is 0 Å². The molecule has 0 aromatic heterocycles. The van der Waals surface area contributed by atoms with Crippen LogP contribution < -0.4 is 14.2 Å². The summed E-state index contributed by atoms with van der Waals surface area (Å²) in [4.78, 5) is 0. The maximum atomic E-state index is 10.7. The molecular weight excluding hydrogens is 440 g/mol. The van der Waals surface area contributed by atoms with E-state index in [1.807, 2.05) is 78.9 Å². The molecule has 178 valence electrons. The Kier molecular flexibility index (Phi) is 8.04. The van der Waals surface area contributed by atoms with Crippen molar-refractivity contribution in [2.24, 2.45) is 0 Å². The Morgan fingerprint density at radius 1 is 0.743 bits per heavy atom. The Morgan fingerprint density at radius 3 is 2.06 bits per heavy atom. The predicted molar refractivity (Wildman–Crippen MR) is 137 cm³/mol. The van der Waals surface area contributed by atoms with Crippen molar-refractivity contribution in [3.05, 3.63) is 125 Å². The van der Waals surface area contributed by atoms with Gasteiger partial charge < -0.3 is 24.4 Å². The molecule has 0 aliphatic carbocycles. The summed E-state index contributed by atoms with van der Waals surface area (Å²) in [5, 5.41) is 20.4. The first-order chi connectivity index (χ1) is 17.1. The number of phenolic OH excluding ortho intramolecular Hbond substituents is 1. The van der Waals surface area contributed by atoms with Gasteiger partial charge in [0.05, 0.1) is 7.11 Å². The Bertz CT molecular complexity index is 1250. The first kappa shape index (κ1) is 23.9. The quantitative estimate of drug-likeness (QED) is 0.286. The van der Waals surface area contributed by atoms with E-state index in [1.54, 1.807) is 18.2 Å². The van der Waals surface area contributed by atoms with Gasteiger partial charge in [-0.3, -0.25) is 0 Å². The van der Waals surface area contributed by atoms with Gasteiger partial charge in [0.15, 0.2) is 0 Å². The molecule has 0 saturated carbocycles. The molecule has 0 fully saturated rings. The van der Waals surface area contributed by atoms with Crippen molar-refractivity contribution in [3.8, 4) is 23.0 Å². The van der Waals surface area contributed by atoms with Crippen molar-refractivity contribution in [1.29, 1.82) is 0 Å². The first-order valence-electron chi connectivity index (χ1n) is 11.3. The average molecular weight is 469 g/mol. The van der Waals surface area contributed by atoms with Gasteiger partial charge in [0.1, 0.15) is 42.3 Å². The van der Waals surface area contributed by atoms with Crippen LogP contribution in [0.1, 0.15) is 28.4 Å². The van der Waals surface area contributed by atoms with Crippen molar-refractivity contribution >= 4 is 6.08 Å². The maximum Gasteiger partial charge on any atom is 0.130 e. The lowest BCUT2D eigenvalue weighted by Gasteiger charge is -2.14. The number of aromatic hydroxyl groups is 1. The number of hydrogen-bond acceptors (Lipinski definition) is 5. The molecule has 0 bridgehead atoms. The Balaban J connectivity index is 1.55. The highest BCUT2D eigenvalue weighted by atomic mass is 16.5. The minimum absolute atomic E-state index is 0.0736. The molecule has 0 heterocycles. The number of ether oxygens (including phenoxy) is 3. The summed E-state index contributed by atoms with van der Waals surface area (Å²) < 4.78 is 17.4. The molecule has 5 heteroatoms. The number of benzene rings is 4. The molecule has 5 nitrogen and oxygen atoms in total. The fourth-order valence-corrected chi connectivity index (χ4v) is 3.59. The van der Waals surface area contributed by atoms with Gasteiger partial charge in [0.25, 0.3) is 0 Å². The fraction of sp³-hybridized carbons (Fsp3) is 0.133. The lowest BCUT2D eigenvalue weighted by molar-refractivity contribution is 0.223. The summed E-state index contributed by atoms with van der Waals surface area (Å²) in [5.41, 5.74) is 3.47. The van der Waals surface area contributed by atoms with Gasteiger partial charge in [-0.1, -0.05) is 72.8 Å². The molecule has 0 radical (unpaired) electrons. The summed E-state index contributed by atoms with van der Waals surface area (Å²) in [6.45, 7) is 0.853. The Labute approximate surface area is 205 Å². The monoisotopic (exact) mass is 468 g/mol. The van der Waals surface area contributed by atoms with Gasteiger partial charge in [0, 0.05) is 23.3 Å². The molecule has 4 aromatic carbocycles. The Hall–Kier alpha value is -4.22. The van der Waals surface area contributed by atoms with E-state index in [9.17, 15) is 10.2 Å². The SMILES string of the molecule is COc1cc(O)ccc1C(O)C=Cc1ccc(OCc2ccccc2)cc1OCc1ccccc1. The third kappa shape index (κ3) is 6.65. The smallest absolute Gasteiger partial charge is 0.130 e. The van der Waals surface area contributed by atoms with E-state index in [-0.39, 0.29) is 5.75 Å². The molecule has 0 spiro atoms. The topological polar surface area (TPSA) is 68.2 Å². The normalized spacial score (nSPS) is 11.8. The molecule has 35 heavy (non-hydrogen) atoms. The minimum Gasteiger partial charge on any atom is -0.508 e. The molecule has 1 atom stereocenters. The molecule has 0 aliphatic rings. The standard InChI is InChI=1S/C30H28O5/c1-33-30-18-25(31)14-16-27(30)28(32)17-13-24-12-15-26(34-20-22-8-4-2-5-9-22)19-29(24)35-21-23-10-6-3-7-11-23/h2-19,28,31-32H,20-21H2,1H3. The molecule has 4 rings (SSSR count). The number of aliphatic hydroxyl groups is 1. The lowest BCUT2D eigenvalue weighted by Crippen LogP contribution is -2.00. The van der Waals surface area contributed by atoms with Crippen LogP contribution in [0.25, 0.3) is 6.08 Å². The predicted octanol–water partition coefficient (Wildman–Crippen LogP) is 6.31. The zero-order valence-electron chi connectivity index (χ0n) is 19.5. The van der Waals surface area contributed by atoms with Crippen molar-refractivity contribution in [2.45, 2.75) is 19.3 Å². The van der Waals surface area contributed by atoms with Crippen LogP contribution in [0.5, 0.6) is 23.0 Å². The van der Waals surface area contributed by atoms with Crippen LogP contribution in [-0.2, 0) is 13.2 Å². The fourth-order valence-electron chi connectivity index (χ4n) is 3.59. The third-order valence-corrected chi connectivity index (χ3v) is 5.46. The molecule has 0 aliphatic heterocycles. The van der Waals surface area contributed by atoms with Crippen LogP contribution >= 0.6 is 0 Å². The van der Waals surface area contributed by atoms with E-state index in [1.165, 1.54) is 19.2 Å². The van der Waals surface area contributed by atoms with E-state index in [4.69, 9.17) is 14.2 Å². The number of aliphatic hydroxyl groups excluding tert-OH is 1. The average Bonchev–Trinajstić information content (AvgIpc) is 2.91. The Morgan fingerprint density at radius 2 is 1.40 bits per heavy atom. The minimum atomic E-state index is -0.929. The second kappa shape index (κ2) is 11.8. The highest BCUT2D eigenvalue weighted by molar-refractivity contribution is 5.60. The number of phenols is 1. The third-order valence-electron chi connectivity index (χ3n) is 5.46. The van der Waals surface area contributed by atoms with Gasteiger partial charge in [0.2, 0.25) is 0 Å². The number of methoxy groups -OCH3 is 1. The second-order valence-electron chi connectivity index (χ2n) is 7.98. The molecule has 0 amide bonds. The van der Waals surface area contributed by atoms with E-state index < -0.39 is 6.10 Å². The van der Waals surface area contributed by atoms with Crippen LogP contribution in [0.2, 0.25) is 0 Å². The largest absolute Gasteiger partial charge is 0.508 e. The number of rotatable bonds is 10. The van der Waals surface area contributed by atoms with E-state index in [2.05, 4.69) is 0 Å². The molecule has 4 aromatic rings. The lowest BCUT2D eigenvalue weighted by atomic mass is 10.1. The molecule has 0 saturated heterocycles. The molecule has 1 unspecified atom stereocenters. The van der Waals surface area contributed by atoms with Gasteiger partial charge in [-0.05, 0) is 35.4 Å². The van der Waals surface area contributed by atoms with Crippen LogP contribution in [-0.4, -0.2) is 17.3 Å². The van der Waals surface area contributed by atoms with Crippen LogP contribution in [0.15, 0.2) is 103 Å². The number of hydrogen-bond donors (Lipinski definition) is 2. The molecular formula is C30H28O5. The highest BCUT2D eigenvalue weighted by Crippen LogP contribution is 2.32. The summed E-state index contributed by atoms with van der Waals surface area (Å²) >= 11 is 0. The van der Waals surface area contributed by atoms with Crippen molar-refractivity contribution in [2.75, 3.05) is 7.11 Å². The van der Waals surface area contributed by atoms with E-state index >= 15 is 0 Å².